The summed E-state index contributed by atoms with van der Waals surface area (Å²) < 4.78 is 6.13. The lowest BCUT2D eigenvalue weighted by atomic mass is 10.1. The number of para-hydroxylation sites is 1. The molecule has 2 atom stereocenters. The fraction of sp³-hybridized carbons (Fsp3) is 0.321. The largest absolute Gasteiger partial charge is 0.484 e. The molecule has 2 aromatic carbocycles. The Bertz CT molecular complexity index is 1380. The molecule has 7 heteroatoms. The number of aliphatic hydroxyl groups is 2. The number of fused-ring (bicyclic) bond motifs is 3. The molecule has 0 spiro atoms. The number of benzene rings is 2. The second kappa shape index (κ2) is 8.91. The fourth-order valence-corrected chi connectivity index (χ4v) is 5.39. The van der Waals surface area contributed by atoms with Crippen LogP contribution in [0.4, 0.5) is 17.1 Å². The van der Waals surface area contributed by atoms with E-state index in [0.29, 0.717) is 13.0 Å². The van der Waals surface area contributed by atoms with Gasteiger partial charge in [-0.3, -0.25) is 4.98 Å². The summed E-state index contributed by atoms with van der Waals surface area (Å²) in [6.07, 6.45) is 5.49. The minimum absolute atomic E-state index is 0.0321. The lowest BCUT2D eigenvalue weighted by molar-refractivity contribution is 0.112. The lowest BCUT2D eigenvalue weighted by Gasteiger charge is -2.36. The number of ether oxygens (including phenoxy) is 1. The first kappa shape index (κ1) is 21.9. The molecular weight excluding hydrogens is 440 g/mol. The Balaban J connectivity index is 1.24. The highest BCUT2D eigenvalue weighted by atomic mass is 16.5. The highest BCUT2D eigenvalue weighted by molar-refractivity contribution is 5.86. The van der Waals surface area contributed by atoms with Gasteiger partial charge in [0.15, 0.2) is 0 Å². The summed E-state index contributed by atoms with van der Waals surface area (Å²) in [5.41, 5.74) is 8.49. The van der Waals surface area contributed by atoms with Gasteiger partial charge >= 0.3 is 0 Å². The van der Waals surface area contributed by atoms with Gasteiger partial charge in [0.1, 0.15) is 11.9 Å². The smallest absolute Gasteiger partial charge is 0.145 e. The number of aliphatic hydroxyl groups excluding tert-OH is 2. The molecule has 1 aliphatic carbocycles. The van der Waals surface area contributed by atoms with Crippen molar-refractivity contribution in [3.8, 4) is 5.75 Å². The number of anilines is 3. The van der Waals surface area contributed by atoms with Crippen molar-refractivity contribution in [1.29, 1.82) is 0 Å². The van der Waals surface area contributed by atoms with Crippen LogP contribution in [0.2, 0.25) is 0 Å². The van der Waals surface area contributed by atoms with E-state index in [0.717, 1.165) is 53.5 Å². The Morgan fingerprint density at radius 1 is 1.23 bits per heavy atom. The predicted molar refractivity (Wildman–Crippen MR) is 138 cm³/mol. The lowest BCUT2D eigenvalue weighted by Crippen LogP contribution is -2.42. The van der Waals surface area contributed by atoms with Crippen LogP contribution in [0.25, 0.3) is 10.9 Å². The molecule has 7 nitrogen and oxygen atoms in total. The number of hydrogen-bond donors (Lipinski definition) is 4. The van der Waals surface area contributed by atoms with Crippen LogP contribution in [0.1, 0.15) is 34.9 Å². The van der Waals surface area contributed by atoms with Crippen LogP contribution in [0.5, 0.6) is 5.75 Å². The van der Waals surface area contributed by atoms with Crippen molar-refractivity contribution in [2.75, 3.05) is 29.9 Å². The molecule has 0 unspecified atom stereocenters. The van der Waals surface area contributed by atoms with Gasteiger partial charge in [-0.25, -0.2) is 0 Å². The van der Waals surface area contributed by atoms with Crippen molar-refractivity contribution in [2.45, 2.75) is 38.4 Å². The Kier molecular flexibility index (Phi) is 5.59. The van der Waals surface area contributed by atoms with E-state index in [1.54, 1.807) is 6.20 Å². The maximum Gasteiger partial charge on any atom is 0.145 e. The second-order valence-electron chi connectivity index (χ2n) is 9.51. The maximum absolute atomic E-state index is 10.2. The molecule has 35 heavy (non-hydrogen) atoms. The van der Waals surface area contributed by atoms with E-state index in [4.69, 9.17) is 4.74 Å². The molecule has 6 rings (SSSR count). The van der Waals surface area contributed by atoms with Gasteiger partial charge in [-0.15, -0.1) is 0 Å². The van der Waals surface area contributed by atoms with E-state index >= 15 is 0 Å². The fourth-order valence-electron chi connectivity index (χ4n) is 5.39. The highest BCUT2D eigenvalue weighted by Crippen LogP contribution is 2.39. The van der Waals surface area contributed by atoms with E-state index < -0.39 is 6.10 Å². The molecule has 4 aromatic rings. The van der Waals surface area contributed by atoms with Crippen LogP contribution in [0.3, 0.4) is 0 Å². The summed E-state index contributed by atoms with van der Waals surface area (Å²) >= 11 is 0. The third-order valence-electron chi connectivity index (χ3n) is 7.23. The van der Waals surface area contributed by atoms with Crippen LogP contribution < -0.4 is 15.0 Å². The van der Waals surface area contributed by atoms with E-state index in [1.807, 2.05) is 12.1 Å². The van der Waals surface area contributed by atoms with Gasteiger partial charge in [-0.2, -0.15) is 0 Å². The topological polar surface area (TPSA) is 93.6 Å². The van der Waals surface area contributed by atoms with Crippen molar-refractivity contribution in [3.05, 3.63) is 77.2 Å². The molecule has 0 bridgehead atoms. The van der Waals surface area contributed by atoms with Gasteiger partial charge in [0.25, 0.3) is 0 Å². The van der Waals surface area contributed by atoms with Gasteiger partial charge in [-0.1, -0.05) is 18.2 Å². The van der Waals surface area contributed by atoms with Crippen LogP contribution in [0.15, 0.2) is 54.9 Å². The molecule has 0 fully saturated rings. The third kappa shape index (κ3) is 4.00. The predicted octanol–water partition coefficient (Wildman–Crippen LogP) is 4.40. The molecular formula is C28H30N4O3. The molecule has 3 heterocycles. The summed E-state index contributed by atoms with van der Waals surface area (Å²) in [5, 5.41) is 24.8. The summed E-state index contributed by atoms with van der Waals surface area (Å²) in [4.78, 5) is 10.1. The van der Waals surface area contributed by atoms with Crippen LogP contribution >= 0.6 is 0 Å². The number of aromatic amines is 1. The molecule has 0 amide bonds. The normalized spacial score (nSPS) is 18.9. The van der Waals surface area contributed by atoms with Crippen molar-refractivity contribution >= 4 is 28.0 Å². The summed E-state index contributed by atoms with van der Waals surface area (Å²) in [7, 11) is 0. The van der Waals surface area contributed by atoms with Gasteiger partial charge < -0.3 is 30.2 Å². The first-order chi connectivity index (χ1) is 17.1. The average Bonchev–Trinajstić information content (AvgIpc) is 3.47. The molecule has 0 saturated carbocycles. The Morgan fingerprint density at radius 3 is 3.03 bits per heavy atom. The van der Waals surface area contributed by atoms with Gasteiger partial charge in [0.05, 0.1) is 30.6 Å². The molecule has 0 radical (unpaired) electrons. The van der Waals surface area contributed by atoms with Crippen LogP contribution in [-0.2, 0) is 12.8 Å². The Morgan fingerprint density at radius 2 is 2.14 bits per heavy atom. The summed E-state index contributed by atoms with van der Waals surface area (Å²) in [6, 6.07) is 14.5. The number of rotatable bonds is 6. The maximum atomic E-state index is 10.2. The molecule has 4 N–H and O–H groups in total. The zero-order valence-electron chi connectivity index (χ0n) is 19.8. The molecule has 1 aliphatic heterocycles. The first-order valence-corrected chi connectivity index (χ1v) is 12.3. The Hall–Kier alpha value is -3.55. The van der Waals surface area contributed by atoms with Gasteiger partial charge in [0.2, 0.25) is 0 Å². The number of nitrogens with one attached hydrogen (secondary N) is 2. The quantitative estimate of drug-likeness (QED) is 0.334. The van der Waals surface area contributed by atoms with E-state index in [1.165, 1.54) is 22.0 Å². The second-order valence-corrected chi connectivity index (χ2v) is 9.51. The van der Waals surface area contributed by atoms with Gasteiger partial charge in [-0.05, 0) is 61.1 Å². The first-order valence-electron chi connectivity index (χ1n) is 12.3. The number of hydrogen-bond acceptors (Lipinski definition) is 6. The van der Waals surface area contributed by atoms with E-state index in [-0.39, 0.29) is 12.7 Å². The Labute approximate surface area is 204 Å². The average molecular weight is 471 g/mol. The van der Waals surface area contributed by atoms with Crippen molar-refractivity contribution in [1.82, 2.24) is 9.97 Å². The summed E-state index contributed by atoms with van der Waals surface area (Å²) in [5.74, 6) is 0.765. The van der Waals surface area contributed by atoms with Crippen molar-refractivity contribution in [3.63, 3.8) is 0 Å². The molecule has 2 aromatic heterocycles. The SMILES string of the molecule is Cc1cccc2c(CCN3C[C@@H](CO)Oc4cc(Nc5ccnc6c5CC[C@@H]6O)ccc43)c[nH]c12. The van der Waals surface area contributed by atoms with E-state index in [9.17, 15) is 10.2 Å². The minimum Gasteiger partial charge on any atom is -0.484 e. The number of H-pyrrole nitrogens is 1. The monoisotopic (exact) mass is 470 g/mol. The highest BCUT2D eigenvalue weighted by Gasteiger charge is 2.27. The van der Waals surface area contributed by atoms with Crippen LogP contribution in [-0.4, -0.2) is 46.0 Å². The number of nitrogens with zero attached hydrogens (tertiary/aromatic N) is 2. The number of aromatic nitrogens is 2. The van der Waals surface area contributed by atoms with Crippen LogP contribution in [0, 0.1) is 6.92 Å². The minimum atomic E-state index is -0.487. The molecule has 2 aliphatic rings. The van der Waals surface area contributed by atoms with Crippen molar-refractivity contribution < 1.29 is 14.9 Å². The number of pyridine rings is 1. The third-order valence-corrected chi connectivity index (χ3v) is 7.23. The van der Waals surface area contributed by atoms with E-state index in [2.05, 4.69) is 63.6 Å². The van der Waals surface area contributed by atoms with Crippen molar-refractivity contribution in [2.24, 2.45) is 0 Å². The molecule has 180 valence electrons. The zero-order chi connectivity index (χ0) is 23.9. The number of aryl methyl sites for hydroxylation is 1. The zero-order valence-corrected chi connectivity index (χ0v) is 19.8. The standard InChI is InChI=1S/C28H30N4O3/c1-17-3-2-4-21-18(14-30-27(17)21)10-12-32-15-20(16-33)35-26-13-19(5-7-24(26)32)31-23-9-11-29-28-22(23)6-8-25(28)34/h2-5,7,9,11,13-14,20,25,30,33-34H,6,8,10,12,15-16H2,1H3,(H,29,31)/t20-,25-/m0/s1. The molecule has 0 saturated heterocycles. The summed E-state index contributed by atoms with van der Waals surface area (Å²) in [6.45, 7) is 3.57. The van der Waals surface area contributed by atoms with Gasteiger partial charge in [0, 0.05) is 47.3 Å².